The molecule has 0 unspecified atom stereocenters. The lowest BCUT2D eigenvalue weighted by atomic mass is 9.95. The van der Waals surface area contributed by atoms with Gasteiger partial charge in [-0.3, -0.25) is 4.90 Å². The average molecular weight is 486 g/mol. The van der Waals surface area contributed by atoms with Crippen molar-refractivity contribution < 1.29 is 0 Å². The maximum Gasteiger partial charge on any atom is 0.177 e. The van der Waals surface area contributed by atoms with Gasteiger partial charge in [-0.05, 0) is 49.2 Å². The fourth-order valence-electron chi connectivity index (χ4n) is 5.35. The number of rotatable bonds is 5. The van der Waals surface area contributed by atoms with Crippen LogP contribution in [0.1, 0.15) is 30.1 Å². The molecule has 7 nitrogen and oxygen atoms in total. The first kappa shape index (κ1) is 21.9. The van der Waals surface area contributed by atoms with Crippen molar-refractivity contribution >= 4 is 16.8 Å². The quantitative estimate of drug-likeness (QED) is 0.338. The second-order valence-corrected chi connectivity index (χ2v) is 9.75. The monoisotopic (exact) mass is 485 g/mol. The number of imidazole rings is 1. The van der Waals surface area contributed by atoms with Crippen LogP contribution in [0.25, 0.3) is 39.2 Å². The number of hydrogen-bond donors (Lipinski definition) is 1. The minimum Gasteiger partial charge on any atom is -0.340 e. The summed E-state index contributed by atoms with van der Waals surface area (Å²) in [6.07, 6.45) is 7.87. The molecule has 1 fully saturated rings. The lowest BCUT2D eigenvalue weighted by Crippen LogP contribution is -2.32. The van der Waals surface area contributed by atoms with Crippen LogP contribution in [0.3, 0.4) is 0 Å². The molecule has 0 amide bonds. The summed E-state index contributed by atoms with van der Waals surface area (Å²) in [6.45, 7) is 3.08. The van der Waals surface area contributed by atoms with Crippen molar-refractivity contribution in [1.82, 2.24) is 34.4 Å². The Balaban J connectivity index is 1.07. The summed E-state index contributed by atoms with van der Waals surface area (Å²) in [5, 5.41) is 4.39. The van der Waals surface area contributed by atoms with Gasteiger partial charge >= 0.3 is 0 Å². The first-order valence-corrected chi connectivity index (χ1v) is 12.8. The van der Waals surface area contributed by atoms with Crippen molar-refractivity contribution in [2.45, 2.75) is 25.3 Å². The number of nitrogens with zero attached hydrogens (tertiary/aromatic N) is 6. The van der Waals surface area contributed by atoms with E-state index in [1.54, 1.807) is 12.4 Å². The van der Waals surface area contributed by atoms with Crippen LogP contribution in [0, 0.1) is 0 Å². The SMILES string of the molecule is c1ccc(-c2cn3nccc3nc2-c2ccc(CN3CCC(c4nc5ncccc5[nH]4)CC3)cc2)cc1. The van der Waals surface area contributed by atoms with Gasteiger partial charge in [0, 0.05) is 42.0 Å². The molecule has 182 valence electrons. The summed E-state index contributed by atoms with van der Waals surface area (Å²) in [4.78, 5) is 20.1. The van der Waals surface area contributed by atoms with E-state index >= 15 is 0 Å². The second-order valence-electron chi connectivity index (χ2n) is 9.75. The van der Waals surface area contributed by atoms with E-state index in [0.717, 1.165) is 77.5 Å². The van der Waals surface area contributed by atoms with E-state index in [9.17, 15) is 0 Å². The second kappa shape index (κ2) is 9.26. The van der Waals surface area contributed by atoms with Crippen LogP contribution in [0.4, 0.5) is 0 Å². The molecule has 7 rings (SSSR count). The highest BCUT2D eigenvalue weighted by atomic mass is 15.2. The topological polar surface area (TPSA) is 75.0 Å². The highest BCUT2D eigenvalue weighted by Gasteiger charge is 2.23. The number of likely N-dealkylation sites (tertiary alicyclic amines) is 1. The standard InChI is InChI=1S/C30H27N7/c1-2-5-22(6-3-1)25-20-37-27(12-16-32-37)34-28(25)23-10-8-21(9-11-23)19-36-17-13-24(14-18-36)29-33-26-7-4-15-31-30(26)35-29/h1-12,15-16,20,24H,13-14,17-19H2,(H,31,33,35). The van der Waals surface area contributed by atoms with Crippen LogP contribution in [-0.4, -0.2) is 47.5 Å². The van der Waals surface area contributed by atoms with Crippen LogP contribution < -0.4 is 0 Å². The Hall–Kier alpha value is -4.36. The molecule has 0 bridgehead atoms. The Labute approximate surface area is 214 Å². The lowest BCUT2D eigenvalue weighted by Gasteiger charge is -2.31. The van der Waals surface area contributed by atoms with Gasteiger partial charge in [0.1, 0.15) is 5.82 Å². The molecule has 0 saturated carbocycles. The molecule has 4 aromatic heterocycles. The highest BCUT2D eigenvalue weighted by molar-refractivity contribution is 5.81. The molecule has 0 aliphatic carbocycles. The molecule has 37 heavy (non-hydrogen) atoms. The Morgan fingerprint density at radius 2 is 1.65 bits per heavy atom. The molecule has 6 aromatic rings. The third kappa shape index (κ3) is 4.27. The first-order valence-electron chi connectivity index (χ1n) is 12.8. The minimum atomic E-state index is 0.466. The highest BCUT2D eigenvalue weighted by Crippen LogP contribution is 2.32. The summed E-state index contributed by atoms with van der Waals surface area (Å²) in [5.41, 5.74) is 8.32. The lowest BCUT2D eigenvalue weighted by molar-refractivity contribution is 0.202. The van der Waals surface area contributed by atoms with E-state index in [4.69, 9.17) is 9.97 Å². The minimum absolute atomic E-state index is 0.466. The number of benzene rings is 2. The van der Waals surface area contributed by atoms with Crippen molar-refractivity contribution in [3.63, 3.8) is 0 Å². The van der Waals surface area contributed by atoms with Crippen LogP contribution in [-0.2, 0) is 6.54 Å². The summed E-state index contributed by atoms with van der Waals surface area (Å²) in [5.74, 6) is 1.54. The molecule has 7 heteroatoms. The number of piperidine rings is 1. The number of hydrogen-bond acceptors (Lipinski definition) is 5. The molecule has 5 heterocycles. The molecule has 1 aliphatic heterocycles. The van der Waals surface area contributed by atoms with E-state index in [2.05, 4.69) is 74.7 Å². The Kier molecular flexibility index (Phi) is 5.48. The summed E-state index contributed by atoms with van der Waals surface area (Å²) >= 11 is 0. The molecule has 1 N–H and O–H groups in total. The zero-order chi connectivity index (χ0) is 24.6. The van der Waals surface area contributed by atoms with E-state index in [1.807, 2.05) is 28.8 Å². The number of H-pyrrole nitrogens is 1. The van der Waals surface area contributed by atoms with Crippen LogP contribution in [0.2, 0.25) is 0 Å². The molecule has 0 radical (unpaired) electrons. The van der Waals surface area contributed by atoms with Crippen LogP contribution in [0.5, 0.6) is 0 Å². The van der Waals surface area contributed by atoms with Crippen LogP contribution >= 0.6 is 0 Å². The largest absolute Gasteiger partial charge is 0.340 e. The number of fused-ring (bicyclic) bond motifs is 2. The fourth-order valence-corrected chi connectivity index (χ4v) is 5.35. The average Bonchev–Trinajstić information content (AvgIpc) is 3.60. The van der Waals surface area contributed by atoms with Gasteiger partial charge in [0.2, 0.25) is 0 Å². The summed E-state index contributed by atoms with van der Waals surface area (Å²) < 4.78 is 1.84. The fraction of sp³-hybridized carbons (Fsp3) is 0.200. The Morgan fingerprint density at radius 1 is 0.811 bits per heavy atom. The van der Waals surface area contributed by atoms with Gasteiger partial charge in [-0.1, -0.05) is 54.6 Å². The van der Waals surface area contributed by atoms with Crippen LogP contribution in [0.15, 0.2) is 91.4 Å². The van der Waals surface area contributed by atoms with E-state index in [1.165, 1.54) is 5.56 Å². The van der Waals surface area contributed by atoms with Crippen molar-refractivity contribution in [3.05, 3.63) is 103 Å². The zero-order valence-electron chi connectivity index (χ0n) is 20.5. The Bertz CT molecular complexity index is 1630. The maximum absolute atomic E-state index is 4.96. The molecular formula is C30H27N7. The van der Waals surface area contributed by atoms with E-state index < -0.39 is 0 Å². The summed E-state index contributed by atoms with van der Waals surface area (Å²) in [6, 6.07) is 25.2. The van der Waals surface area contributed by atoms with Crippen molar-refractivity contribution in [1.29, 1.82) is 0 Å². The van der Waals surface area contributed by atoms with Gasteiger partial charge in [-0.15, -0.1) is 0 Å². The third-order valence-electron chi connectivity index (χ3n) is 7.35. The number of pyridine rings is 1. The zero-order valence-corrected chi connectivity index (χ0v) is 20.5. The Morgan fingerprint density at radius 3 is 2.46 bits per heavy atom. The number of aromatic nitrogens is 6. The molecule has 0 atom stereocenters. The van der Waals surface area contributed by atoms with Gasteiger partial charge < -0.3 is 4.98 Å². The van der Waals surface area contributed by atoms with Crippen molar-refractivity contribution in [2.24, 2.45) is 0 Å². The molecule has 2 aromatic carbocycles. The predicted molar refractivity (Wildman–Crippen MR) is 145 cm³/mol. The van der Waals surface area contributed by atoms with Gasteiger partial charge in [-0.25, -0.2) is 19.5 Å². The molecular weight excluding hydrogens is 458 g/mol. The maximum atomic E-state index is 4.96. The first-order chi connectivity index (χ1) is 18.3. The van der Waals surface area contributed by atoms with E-state index in [-0.39, 0.29) is 0 Å². The number of aromatic amines is 1. The molecule has 1 saturated heterocycles. The van der Waals surface area contributed by atoms with Gasteiger partial charge in [0.05, 0.1) is 17.4 Å². The normalized spacial score (nSPS) is 15.0. The predicted octanol–water partition coefficient (Wildman–Crippen LogP) is 5.71. The third-order valence-corrected chi connectivity index (χ3v) is 7.35. The van der Waals surface area contributed by atoms with Gasteiger partial charge in [-0.2, -0.15) is 5.10 Å². The van der Waals surface area contributed by atoms with Crippen molar-refractivity contribution in [2.75, 3.05) is 13.1 Å². The van der Waals surface area contributed by atoms with E-state index in [0.29, 0.717) is 5.92 Å². The van der Waals surface area contributed by atoms with Gasteiger partial charge in [0.25, 0.3) is 0 Å². The van der Waals surface area contributed by atoms with Gasteiger partial charge in [0.15, 0.2) is 11.3 Å². The number of nitrogens with one attached hydrogen (secondary N) is 1. The van der Waals surface area contributed by atoms with Crippen molar-refractivity contribution in [3.8, 4) is 22.4 Å². The summed E-state index contributed by atoms with van der Waals surface area (Å²) in [7, 11) is 0. The molecule has 1 aliphatic rings. The molecule has 0 spiro atoms. The smallest absolute Gasteiger partial charge is 0.177 e.